The highest BCUT2D eigenvalue weighted by Crippen LogP contribution is 2.16. The molecule has 0 amide bonds. The summed E-state index contributed by atoms with van der Waals surface area (Å²) < 4.78 is 1.14. The molecule has 0 saturated carbocycles. The summed E-state index contributed by atoms with van der Waals surface area (Å²) in [6.07, 6.45) is 2.30. The van der Waals surface area contributed by atoms with Crippen molar-refractivity contribution in [1.29, 1.82) is 0 Å². The molecule has 2 N–H and O–H groups in total. The fraction of sp³-hybridized carbons (Fsp3) is 0.421. The predicted octanol–water partition coefficient (Wildman–Crippen LogP) is 3.84. The highest BCUT2D eigenvalue weighted by Gasteiger charge is 2.20. The number of guanidine groups is 1. The van der Waals surface area contributed by atoms with Crippen molar-refractivity contribution in [3.8, 4) is 0 Å². The molecule has 0 radical (unpaired) electrons. The largest absolute Gasteiger partial charge is 0.354 e. The molecule has 6 heteroatoms. The van der Waals surface area contributed by atoms with Gasteiger partial charge in [-0.25, -0.2) is 0 Å². The van der Waals surface area contributed by atoms with Gasteiger partial charge in [0.05, 0.1) is 0 Å². The maximum absolute atomic E-state index is 4.36. The first-order chi connectivity index (χ1) is 12.2. The number of thiophene rings is 1. The molecule has 1 aliphatic heterocycles. The molecule has 1 aromatic heterocycles. The second-order valence-electron chi connectivity index (χ2n) is 6.38. The number of rotatable bonds is 5. The van der Waals surface area contributed by atoms with E-state index in [-0.39, 0.29) is 0 Å². The third-order valence-corrected chi connectivity index (χ3v) is 5.77. The lowest BCUT2D eigenvalue weighted by molar-refractivity contribution is 0.198. The van der Waals surface area contributed by atoms with Crippen molar-refractivity contribution in [1.82, 2.24) is 15.5 Å². The summed E-state index contributed by atoms with van der Waals surface area (Å²) >= 11 is 5.22. The zero-order valence-electron chi connectivity index (χ0n) is 14.5. The first-order valence-electron chi connectivity index (χ1n) is 8.68. The Morgan fingerprint density at radius 3 is 2.60 bits per heavy atom. The van der Waals surface area contributed by atoms with Crippen LogP contribution in [0.25, 0.3) is 0 Å². The van der Waals surface area contributed by atoms with Crippen LogP contribution in [0.3, 0.4) is 0 Å². The maximum atomic E-state index is 4.36. The van der Waals surface area contributed by atoms with Crippen molar-refractivity contribution in [2.24, 2.45) is 4.99 Å². The lowest BCUT2D eigenvalue weighted by atomic mass is 10.0. The van der Waals surface area contributed by atoms with Gasteiger partial charge in [0.25, 0.3) is 0 Å². The molecule has 25 heavy (non-hydrogen) atoms. The third kappa shape index (κ3) is 5.83. The van der Waals surface area contributed by atoms with Crippen LogP contribution in [0.2, 0.25) is 0 Å². The molecule has 0 unspecified atom stereocenters. The molecular weight excluding hydrogens is 396 g/mol. The van der Waals surface area contributed by atoms with E-state index in [4.69, 9.17) is 0 Å². The predicted molar refractivity (Wildman–Crippen MR) is 110 cm³/mol. The van der Waals surface area contributed by atoms with Crippen molar-refractivity contribution in [2.75, 3.05) is 20.1 Å². The third-order valence-electron chi connectivity index (χ3n) is 4.51. The van der Waals surface area contributed by atoms with Crippen LogP contribution in [0, 0.1) is 0 Å². The van der Waals surface area contributed by atoms with Crippen molar-refractivity contribution < 1.29 is 0 Å². The highest BCUT2D eigenvalue weighted by molar-refractivity contribution is 9.10. The average molecular weight is 421 g/mol. The van der Waals surface area contributed by atoms with Crippen LogP contribution in [0.5, 0.6) is 0 Å². The maximum Gasteiger partial charge on any atom is 0.191 e. The molecular formula is C19H25BrN4S. The summed E-state index contributed by atoms with van der Waals surface area (Å²) in [5.74, 6) is 0.901. The zero-order valence-corrected chi connectivity index (χ0v) is 16.9. The normalized spacial score (nSPS) is 16.8. The van der Waals surface area contributed by atoms with Gasteiger partial charge in [-0.15, -0.1) is 0 Å². The minimum atomic E-state index is 0.495. The van der Waals surface area contributed by atoms with E-state index in [9.17, 15) is 0 Å². The molecule has 0 aliphatic carbocycles. The number of hydrogen-bond acceptors (Lipinski definition) is 3. The van der Waals surface area contributed by atoms with Crippen LogP contribution in [0.4, 0.5) is 0 Å². The van der Waals surface area contributed by atoms with Gasteiger partial charge in [0, 0.05) is 43.7 Å². The Labute approximate surface area is 162 Å². The van der Waals surface area contributed by atoms with Gasteiger partial charge in [-0.2, -0.15) is 11.3 Å². The number of piperidine rings is 1. The summed E-state index contributed by atoms with van der Waals surface area (Å²) in [5, 5.41) is 11.2. The zero-order chi connectivity index (χ0) is 17.5. The standard InChI is InChI=1S/C19H25BrN4S/c1-21-19(22-12-16-8-11-25-14-16)23-18-6-9-24(10-7-18)13-15-2-4-17(20)5-3-15/h2-5,8,11,14,18H,6-7,9-10,12-13H2,1H3,(H2,21,22,23). The summed E-state index contributed by atoms with van der Waals surface area (Å²) in [6, 6.07) is 11.3. The van der Waals surface area contributed by atoms with Crippen molar-refractivity contribution in [3.63, 3.8) is 0 Å². The lowest BCUT2D eigenvalue weighted by Crippen LogP contribution is -2.48. The van der Waals surface area contributed by atoms with E-state index in [0.29, 0.717) is 6.04 Å². The molecule has 2 heterocycles. The number of benzene rings is 1. The molecule has 2 aromatic rings. The number of hydrogen-bond donors (Lipinski definition) is 2. The molecule has 134 valence electrons. The Hall–Kier alpha value is -1.37. The molecule has 0 atom stereocenters. The molecule has 4 nitrogen and oxygen atoms in total. The van der Waals surface area contributed by atoms with Crippen LogP contribution in [-0.4, -0.2) is 37.0 Å². The van der Waals surface area contributed by atoms with Crippen LogP contribution < -0.4 is 10.6 Å². The first kappa shape index (κ1) is 18.4. The van der Waals surface area contributed by atoms with Crippen molar-refractivity contribution >= 4 is 33.2 Å². The van der Waals surface area contributed by atoms with Gasteiger partial charge in [-0.1, -0.05) is 28.1 Å². The van der Waals surface area contributed by atoms with Gasteiger partial charge < -0.3 is 10.6 Å². The topological polar surface area (TPSA) is 39.7 Å². The van der Waals surface area contributed by atoms with Crippen LogP contribution in [0.15, 0.2) is 50.6 Å². The SMILES string of the molecule is CN=C(NCc1ccsc1)NC1CCN(Cc2ccc(Br)cc2)CC1. The summed E-state index contributed by atoms with van der Waals surface area (Å²) in [4.78, 5) is 6.89. The minimum Gasteiger partial charge on any atom is -0.354 e. The van der Waals surface area contributed by atoms with E-state index in [2.05, 4.69) is 77.5 Å². The Kier molecular flexibility index (Phi) is 6.90. The lowest BCUT2D eigenvalue weighted by Gasteiger charge is -2.33. The first-order valence-corrected chi connectivity index (χ1v) is 10.4. The summed E-state index contributed by atoms with van der Waals surface area (Å²) in [5.41, 5.74) is 2.68. The van der Waals surface area contributed by atoms with Gasteiger partial charge in [0.2, 0.25) is 0 Å². The van der Waals surface area contributed by atoms with E-state index in [1.54, 1.807) is 11.3 Å². The molecule has 1 aromatic carbocycles. The van der Waals surface area contributed by atoms with Crippen LogP contribution in [-0.2, 0) is 13.1 Å². The fourth-order valence-electron chi connectivity index (χ4n) is 3.05. The molecule has 1 aliphatic rings. The molecule has 0 spiro atoms. The fourth-order valence-corrected chi connectivity index (χ4v) is 3.98. The van der Waals surface area contributed by atoms with Gasteiger partial charge >= 0.3 is 0 Å². The van der Waals surface area contributed by atoms with E-state index in [1.807, 2.05) is 7.05 Å². The van der Waals surface area contributed by atoms with Gasteiger partial charge in [-0.3, -0.25) is 9.89 Å². The molecule has 1 fully saturated rings. The molecule has 1 saturated heterocycles. The highest BCUT2D eigenvalue weighted by atomic mass is 79.9. The Balaban J connectivity index is 1.41. The van der Waals surface area contributed by atoms with Gasteiger partial charge in [0.1, 0.15) is 0 Å². The number of nitrogens with zero attached hydrogens (tertiary/aromatic N) is 2. The smallest absolute Gasteiger partial charge is 0.191 e. The van der Waals surface area contributed by atoms with Gasteiger partial charge in [-0.05, 0) is 52.9 Å². The molecule has 3 rings (SSSR count). The van der Waals surface area contributed by atoms with E-state index in [1.165, 1.54) is 11.1 Å². The average Bonchev–Trinajstić information content (AvgIpc) is 3.15. The van der Waals surface area contributed by atoms with Crippen molar-refractivity contribution in [3.05, 3.63) is 56.7 Å². The number of nitrogens with one attached hydrogen (secondary N) is 2. The molecule has 0 bridgehead atoms. The van der Waals surface area contributed by atoms with Gasteiger partial charge in [0.15, 0.2) is 5.96 Å². The Bertz CT molecular complexity index is 661. The number of aliphatic imine (C=N–C) groups is 1. The van der Waals surface area contributed by atoms with E-state index < -0.39 is 0 Å². The second kappa shape index (κ2) is 9.36. The number of halogens is 1. The minimum absolute atomic E-state index is 0.495. The Morgan fingerprint density at radius 2 is 1.96 bits per heavy atom. The van der Waals surface area contributed by atoms with Crippen LogP contribution in [0.1, 0.15) is 24.0 Å². The summed E-state index contributed by atoms with van der Waals surface area (Å²) in [7, 11) is 1.84. The second-order valence-corrected chi connectivity index (χ2v) is 8.07. The monoisotopic (exact) mass is 420 g/mol. The number of likely N-dealkylation sites (tertiary alicyclic amines) is 1. The summed E-state index contributed by atoms with van der Waals surface area (Å²) in [6.45, 7) is 4.10. The van der Waals surface area contributed by atoms with Crippen LogP contribution >= 0.6 is 27.3 Å². The van der Waals surface area contributed by atoms with Crippen molar-refractivity contribution in [2.45, 2.75) is 32.0 Å². The van der Waals surface area contributed by atoms with E-state index in [0.717, 1.165) is 49.5 Å². The van der Waals surface area contributed by atoms with E-state index >= 15 is 0 Å². The quantitative estimate of drug-likeness (QED) is 0.569. The Morgan fingerprint density at radius 1 is 1.20 bits per heavy atom.